The number of alkyl halides is 1. The molecule has 0 radical (unpaired) electrons. The highest BCUT2D eigenvalue weighted by molar-refractivity contribution is 7.13. The molecule has 2 N–H and O–H groups in total. The molecule has 0 unspecified atom stereocenters. The van der Waals surface area contributed by atoms with Crippen molar-refractivity contribution in [2.75, 3.05) is 13.2 Å². The van der Waals surface area contributed by atoms with E-state index in [4.69, 9.17) is 21.4 Å². The molecule has 160 valence electrons. The maximum absolute atomic E-state index is 11.8. The monoisotopic (exact) mass is 446 g/mol. The van der Waals surface area contributed by atoms with E-state index in [1.807, 2.05) is 48.6 Å². The van der Waals surface area contributed by atoms with E-state index in [0.29, 0.717) is 11.3 Å². The second-order valence-electron chi connectivity index (χ2n) is 7.47. The molecule has 30 heavy (non-hydrogen) atoms. The van der Waals surface area contributed by atoms with Gasteiger partial charge in [0, 0.05) is 16.2 Å². The number of aryl methyl sites for hydroxylation is 1. The van der Waals surface area contributed by atoms with E-state index < -0.39 is 12.1 Å². The van der Waals surface area contributed by atoms with E-state index in [2.05, 4.69) is 5.73 Å². The summed E-state index contributed by atoms with van der Waals surface area (Å²) in [7, 11) is 0. The van der Waals surface area contributed by atoms with Crippen molar-refractivity contribution in [2.45, 2.75) is 37.2 Å². The molecule has 0 amide bonds. The molecule has 0 spiro atoms. The summed E-state index contributed by atoms with van der Waals surface area (Å²) in [4.78, 5) is 13.5. The smallest absolute Gasteiger partial charge is 0.348 e. The van der Waals surface area contributed by atoms with E-state index in [1.165, 1.54) is 11.3 Å². The van der Waals surface area contributed by atoms with Gasteiger partial charge >= 0.3 is 5.97 Å². The average Bonchev–Trinajstić information content (AvgIpc) is 3.32. The van der Waals surface area contributed by atoms with Crippen LogP contribution in [0.3, 0.4) is 0 Å². The van der Waals surface area contributed by atoms with Gasteiger partial charge in [0.2, 0.25) is 0 Å². The Bertz CT molecular complexity index is 872. The third-order valence-electron chi connectivity index (χ3n) is 5.36. The Kier molecular flexibility index (Phi) is 8.74. The number of hydrogen-bond acceptors (Lipinski definition) is 5. The van der Waals surface area contributed by atoms with Gasteiger partial charge < -0.3 is 14.9 Å². The standard InChI is InChI=1S/C24H27ClO4S/c25-21-16-22(27)20(11-4-8-17-6-2-1-3-7-17)19(21)10-5-9-18-12-13-23(30-18)24(28)29-15-14-26/h1-3,6-8,11-13,19-22,26-27H,5,9-10,14-16H2/t4?,19-,20-,21-,22-/m1/s1. The van der Waals surface area contributed by atoms with Crippen molar-refractivity contribution in [1.29, 1.82) is 0 Å². The highest BCUT2D eigenvalue weighted by atomic mass is 35.5. The van der Waals surface area contributed by atoms with E-state index in [-0.39, 0.29) is 30.4 Å². The molecule has 1 aromatic carbocycles. The van der Waals surface area contributed by atoms with Crippen LogP contribution in [-0.2, 0) is 11.2 Å². The minimum Gasteiger partial charge on any atom is -0.459 e. The zero-order valence-electron chi connectivity index (χ0n) is 16.7. The predicted molar refractivity (Wildman–Crippen MR) is 121 cm³/mol. The molecule has 1 saturated carbocycles. The molecular weight excluding hydrogens is 420 g/mol. The van der Waals surface area contributed by atoms with Crippen LogP contribution < -0.4 is 0 Å². The first-order valence-electron chi connectivity index (χ1n) is 10.2. The number of carbonyl (C=O) groups excluding carboxylic acids is 1. The first kappa shape index (κ1) is 22.8. The fraction of sp³-hybridized carbons (Fsp3) is 0.417. The first-order valence-corrected chi connectivity index (χ1v) is 11.5. The summed E-state index contributed by atoms with van der Waals surface area (Å²) < 4.78 is 4.95. The number of benzene rings is 1. The molecule has 2 aromatic rings. The number of halogens is 1. The number of carbonyl (C=O) groups is 1. The minimum absolute atomic E-state index is 0.000168. The number of rotatable bonds is 9. The van der Waals surface area contributed by atoms with E-state index in [0.717, 1.165) is 29.7 Å². The third kappa shape index (κ3) is 6.31. The van der Waals surface area contributed by atoms with Crippen LogP contribution in [0.5, 0.6) is 0 Å². The lowest BCUT2D eigenvalue weighted by atomic mass is 9.89. The molecule has 4 atom stereocenters. The van der Waals surface area contributed by atoms with Crippen LogP contribution in [0.25, 0.3) is 6.08 Å². The largest absolute Gasteiger partial charge is 0.459 e. The van der Waals surface area contributed by atoms with Crippen molar-refractivity contribution in [2.24, 2.45) is 11.8 Å². The topological polar surface area (TPSA) is 66.8 Å². The average molecular weight is 447 g/mol. The van der Waals surface area contributed by atoms with E-state index in [1.54, 1.807) is 6.07 Å². The third-order valence-corrected chi connectivity index (χ3v) is 6.98. The Morgan fingerprint density at radius 3 is 2.83 bits per heavy atom. The second kappa shape index (κ2) is 11.5. The number of thiophene rings is 1. The summed E-state index contributed by atoms with van der Waals surface area (Å²) in [6.07, 6.45) is 6.73. The lowest BCUT2D eigenvalue weighted by molar-refractivity contribution is 0.0439. The van der Waals surface area contributed by atoms with E-state index >= 15 is 0 Å². The fourth-order valence-electron chi connectivity index (χ4n) is 3.85. The van der Waals surface area contributed by atoms with Gasteiger partial charge in [-0.1, -0.05) is 30.3 Å². The molecule has 0 saturated heterocycles. The summed E-state index contributed by atoms with van der Waals surface area (Å²) in [5, 5.41) is 19.1. The lowest BCUT2D eigenvalue weighted by Crippen LogP contribution is -2.18. The van der Waals surface area contributed by atoms with Crippen molar-refractivity contribution < 1.29 is 19.7 Å². The summed E-state index contributed by atoms with van der Waals surface area (Å²) in [6, 6.07) is 13.7. The molecule has 1 fully saturated rings. The van der Waals surface area contributed by atoms with Gasteiger partial charge in [0.1, 0.15) is 11.5 Å². The maximum Gasteiger partial charge on any atom is 0.348 e. The van der Waals surface area contributed by atoms with E-state index in [9.17, 15) is 9.90 Å². The van der Waals surface area contributed by atoms with Gasteiger partial charge in [-0.2, -0.15) is 0 Å². The molecular formula is C24H27ClO4S. The van der Waals surface area contributed by atoms with Crippen LogP contribution in [0.4, 0.5) is 0 Å². The molecule has 0 aliphatic heterocycles. The van der Waals surface area contributed by atoms with Crippen LogP contribution in [0.15, 0.2) is 54.3 Å². The quantitative estimate of drug-likeness (QED) is 0.333. The van der Waals surface area contributed by atoms with Crippen molar-refractivity contribution >= 4 is 35.0 Å². The molecule has 1 aromatic heterocycles. The zero-order valence-corrected chi connectivity index (χ0v) is 18.3. The van der Waals surface area contributed by atoms with Crippen LogP contribution in [-0.4, -0.2) is 40.9 Å². The molecule has 0 bridgehead atoms. The highest BCUT2D eigenvalue weighted by Gasteiger charge is 2.39. The number of aliphatic hydroxyl groups excluding tert-OH is 2. The van der Waals surface area contributed by atoms with Gasteiger partial charge in [-0.15, -0.1) is 28.7 Å². The number of esters is 1. The Morgan fingerprint density at radius 1 is 1.27 bits per heavy atom. The Balaban J connectivity index is 1.55. The molecule has 6 heteroatoms. The molecule has 3 rings (SSSR count). The number of ether oxygens (including phenoxy) is 1. The van der Waals surface area contributed by atoms with Crippen molar-refractivity contribution in [1.82, 2.24) is 0 Å². The maximum atomic E-state index is 11.8. The van der Waals surface area contributed by atoms with Crippen LogP contribution in [0.1, 0.15) is 39.4 Å². The number of aliphatic hydroxyl groups is 2. The van der Waals surface area contributed by atoms with Gasteiger partial charge in [-0.3, -0.25) is 0 Å². The Hall–Kier alpha value is -1.88. The van der Waals surface area contributed by atoms with Crippen molar-refractivity contribution in [3.8, 4) is 0 Å². The highest BCUT2D eigenvalue weighted by Crippen LogP contribution is 2.40. The van der Waals surface area contributed by atoms with Crippen molar-refractivity contribution in [3.05, 3.63) is 69.6 Å². The van der Waals surface area contributed by atoms with Gasteiger partial charge in [0.05, 0.1) is 12.7 Å². The van der Waals surface area contributed by atoms with Crippen LogP contribution >= 0.6 is 22.9 Å². The van der Waals surface area contributed by atoms with Crippen LogP contribution in [0.2, 0.25) is 0 Å². The summed E-state index contributed by atoms with van der Waals surface area (Å²) in [6.45, 7) is -0.159. The lowest BCUT2D eigenvalue weighted by Gasteiger charge is -2.19. The second-order valence-corrected chi connectivity index (χ2v) is 9.20. The summed E-state index contributed by atoms with van der Waals surface area (Å²) in [5.41, 5.74) is 4.30. The van der Waals surface area contributed by atoms with Gasteiger partial charge in [-0.05, 0) is 61.4 Å². The zero-order chi connectivity index (χ0) is 21.3. The van der Waals surface area contributed by atoms with Gasteiger partial charge in [0.25, 0.3) is 0 Å². The molecule has 1 aliphatic carbocycles. The first-order chi connectivity index (χ1) is 14.6. The SMILES string of the molecule is O=C(OCCO)c1ccc(CCC[C@@H]2[C@@H](C=C=Cc3ccccc3)[C@H](O)C[C@H]2Cl)s1. The molecule has 4 nitrogen and oxygen atoms in total. The van der Waals surface area contributed by atoms with Crippen LogP contribution in [0, 0.1) is 11.8 Å². The van der Waals surface area contributed by atoms with Crippen molar-refractivity contribution in [3.63, 3.8) is 0 Å². The number of hydrogen-bond donors (Lipinski definition) is 2. The minimum atomic E-state index is -0.441. The molecule has 1 heterocycles. The summed E-state index contributed by atoms with van der Waals surface area (Å²) in [5.74, 6) is -0.192. The summed E-state index contributed by atoms with van der Waals surface area (Å²) >= 11 is 7.97. The molecule has 1 aliphatic rings. The Morgan fingerprint density at radius 2 is 2.07 bits per heavy atom. The van der Waals surface area contributed by atoms with Gasteiger partial charge in [0.15, 0.2) is 0 Å². The normalized spacial score (nSPS) is 23.0. The fourth-order valence-corrected chi connectivity index (χ4v) is 5.27. The Labute approximate surface area is 186 Å². The van der Waals surface area contributed by atoms with Gasteiger partial charge in [-0.25, -0.2) is 4.79 Å². The predicted octanol–water partition coefficient (Wildman–Crippen LogP) is 4.69.